The zero-order valence-electron chi connectivity index (χ0n) is 15.7. The molecule has 0 aliphatic carbocycles. The van der Waals surface area contributed by atoms with Crippen molar-refractivity contribution in [3.8, 4) is 0 Å². The molecule has 26 heavy (non-hydrogen) atoms. The van der Waals surface area contributed by atoms with Gasteiger partial charge in [-0.1, -0.05) is 0 Å². The van der Waals surface area contributed by atoms with E-state index in [1.165, 1.54) is 6.92 Å². The lowest BCUT2D eigenvalue weighted by Gasteiger charge is -2.33. The van der Waals surface area contributed by atoms with Crippen LogP contribution in [0.4, 0.5) is 5.69 Å². The zero-order valence-corrected chi connectivity index (χ0v) is 15.7. The van der Waals surface area contributed by atoms with Gasteiger partial charge in [0.25, 0.3) is 0 Å². The lowest BCUT2D eigenvalue weighted by atomic mass is 10.2. The minimum Gasteiger partial charge on any atom is -0.462 e. The highest BCUT2D eigenvalue weighted by Gasteiger charge is 2.21. The number of hydrogen-bond donors (Lipinski definition) is 0. The number of carbonyl (C=O) groups excluding carboxylic acids is 3. The molecule has 7 nitrogen and oxygen atoms in total. The van der Waals surface area contributed by atoms with E-state index < -0.39 is 5.97 Å². The summed E-state index contributed by atoms with van der Waals surface area (Å²) in [4.78, 5) is 41.7. The number of nitrogens with zero attached hydrogens (tertiary/aromatic N) is 3. The second kappa shape index (κ2) is 9.33. The van der Waals surface area contributed by atoms with Crippen LogP contribution >= 0.6 is 0 Å². The molecular formula is C19H27N3O4. The van der Waals surface area contributed by atoms with Crippen LogP contribution in [0.3, 0.4) is 0 Å². The normalized spacial score (nSPS) is 14.8. The topological polar surface area (TPSA) is 70.2 Å². The largest absolute Gasteiger partial charge is 0.462 e. The van der Waals surface area contributed by atoms with E-state index in [9.17, 15) is 14.4 Å². The lowest BCUT2D eigenvalue weighted by molar-refractivity contribution is -0.132. The Morgan fingerprint density at radius 3 is 2.23 bits per heavy atom. The first-order valence-corrected chi connectivity index (χ1v) is 8.94. The van der Waals surface area contributed by atoms with Gasteiger partial charge in [-0.2, -0.15) is 0 Å². The van der Waals surface area contributed by atoms with Crippen molar-refractivity contribution in [1.29, 1.82) is 0 Å². The van der Waals surface area contributed by atoms with Gasteiger partial charge in [-0.15, -0.1) is 0 Å². The number of carbonyl (C=O) groups is 3. The van der Waals surface area contributed by atoms with Crippen molar-refractivity contribution in [2.24, 2.45) is 0 Å². The van der Waals surface area contributed by atoms with Gasteiger partial charge in [-0.05, 0) is 38.2 Å². The molecule has 0 saturated carbocycles. The Labute approximate surface area is 154 Å². The fourth-order valence-electron chi connectivity index (χ4n) is 2.88. The Kier molecular flexibility index (Phi) is 7.15. The van der Waals surface area contributed by atoms with Gasteiger partial charge in [-0.25, -0.2) is 4.79 Å². The van der Waals surface area contributed by atoms with E-state index >= 15 is 0 Å². The van der Waals surface area contributed by atoms with Crippen LogP contribution in [0.5, 0.6) is 0 Å². The third-order valence-electron chi connectivity index (χ3n) is 4.48. The van der Waals surface area contributed by atoms with E-state index in [4.69, 9.17) is 4.74 Å². The summed E-state index contributed by atoms with van der Waals surface area (Å²) in [6, 6.07) is 6.67. The fourth-order valence-corrected chi connectivity index (χ4v) is 2.88. The highest BCUT2D eigenvalue weighted by molar-refractivity contribution is 5.94. The van der Waals surface area contributed by atoms with Gasteiger partial charge in [0.15, 0.2) is 0 Å². The van der Waals surface area contributed by atoms with Gasteiger partial charge >= 0.3 is 5.97 Å². The SMILES string of the molecule is CCOC(=O)c1ccc(N(CCC(=O)N2CCN(C)CC2)C(C)=O)cc1. The first kappa shape index (κ1) is 19.9. The molecule has 0 spiro atoms. The molecule has 1 aromatic rings. The molecule has 1 heterocycles. The molecule has 1 aliphatic rings. The molecule has 0 unspecified atom stereocenters. The summed E-state index contributed by atoms with van der Waals surface area (Å²) < 4.78 is 4.96. The van der Waals surface area contributed by atoms with Crippen molar-refractivity contribution in [2.75, 3.05) is 51.3 Å². The van der Waals surface area contributed by atoms with E-state index in [0.717, 1.165) is 26.2 Å². The number of anilines is 1. The molecule has 0 aromatic heterocycles. The molecular weight excluding hydrogens is 334 g/mol. The Hall–Kier alpha value is -2.41. The average molecular weight is 361 g/mol. The lowest BCUT2D eigenvalue weighted by Crippen LogP contribution is -2.47. The standard InChI is InChI=1S/C19H27N3O4/c1-4-26-19(25)16-5-7-17(8-6-16)22(15(2)23)10-9-18(24)21-13-11-20(3)12-14-21/h5-8H,4,9-14H2,1-3H3. The predicted octanol–water partition coefficient (Wildman–Crippen LogP) is 1.38. The number of likely N-dealkylation sites (N-methyl/N-ethyl adjacent to an activating group) is 1. The van der Waals surface area contributed by atoms with E-state index in [0.29, 0.717) is 24.4 Å². The van der Waals surface area contributed by atoms with E-state index in [1.807, 2.05) is 11.9 Å². The van der Waals surface area contributed by atoms with Gasteiger partial charge in [0.2, 0.25) is 11.8 Å². The smallest absolute Gasteiger partial charge is 0.338 e. The van der Waals surface area contributed by atoms with Crippen LogP contribution < -0.4 is 4.90 Å². The van der Waals surface area contributed by atoms with Crippen molar-refractivity contribution >= 4 is 23.5 Å². The minimum absolute atomic E-state index is 0.0625. The average Bonchev–Trinajstić information content (AvgIpc) is 2.62. The van der Waals surface area contributed by atoms with E-state index in [2.05, 4.69) is 4.90 Å². The van der Waals surface area contributed by atoms with Gasteiger partial charge in [0.1, 0.15) is 0 Å². The number of ether oxygens (including phenoxy) is 1. The van der Waals surface area contributed by atoms with Crippen LogP contribution in [-0.2, 0) is 14.3 Å². The molecule has 0 bridgehead atoms. The van der Waals surface area contributed by atoms with Crippen LogP contribution in [0, 0.1) is 0 Å². The van der Waals surface area contributed by atoms with Gasteiger partial charge in [0.05, 0.1) is 12.2 Å². The fraction of sp³-hybridized carbons (Fsp3) is 0.526. The summed E-state index contributed by atoms with van der Waals surface area (Å²) in [5, 5.41) is 0. The van der Waals surface area contributed by atoms with Gasteiger partial charge in [-0.3, -0.25) is 9.59 Å². The molecule has 1 saturated heterocycles. The molecule has 0 N–H and O–H groups in total. The molecule has 7 heteroatoms. The summed E-state index contributed by atoms with van der Waals surface area (Å²) in [5.41, 5.74) is 1.10. The maximum Gasteiger partial charge on any atom is 0.338 e. The molecule has 1 aliphatic heterocycles. The van der Waals surface area contributed by atoms with Crippen LogP contribution in [0.2, 0.25) is 0 Å². The predicted molar refractivity (Wildman–Crippen MR) is 99.1 cm³/mol. The highest BCUT2D eigenvalue weighted by Crippen LogP contribution is 2.17. The van der Waals surface area contributed by atoms with Crippen molar-refractivity contribution < 1.29 is 19.1 Å². The van der Waals surface area contributed by atoms with Gasteiger partial charge in [0, 0.05) is 51.8 Å². The Morgan fingerprint density at radius 1 is 1.08 bits per heavy atom. The maximum atomic E-state index is 12.4. The molecule has 0 radical (unpaired) electrons. The first-order valence-electron chi connectivity index (χ1n) is 8.94. The Balaban J connectivity index is 1.97. The monoisotopic (exact) mass is 361 g/mol. The molecule has 1 fully saturated rings. The second-order valence-electron chi connectivity index (χ2n) is 6.37. The number of benzene rings is 1. The van der Waals surface area contributed by atoms with E-state index in [-0.39, 0.29) is 18.2 Å². The maximum absolute atomic E-state index is 12.4. The number of piperazine rings is 1. The Morgan fingerprint density at radius 2 is 1.69 bits per heavy atom. The van der Waals surface area contributed by atoms with Crippen LogP contribution in [0.15, 0.2) is 24.3 Å². The molecule has 2 rings (SSSR count). The summed E-state index contributed by atoms with van der Waals surface area (Å²) in [6.45, 7) is 7.05. The third kappa shape index (κ3) is 5.29. The summed E-state index contributed by atoms with van der Waals surface area (Å²) in [7, 11) is 2.04. The molecule has 1 aromatic carbocycles. The zero-order chi connectivity index (χ0) is 19.1. The molecule has 0 atom stereocenters. The summed E-state index contributed by atoms with van der Waals surface area (Å²) >= 11 is 0. The number of rotatable bonds is 6. The minimum atomic E-state index is -0.390. The molecule has 142 valence electrons. The van der Waals surface area contributed by atoms with Crippen molar-refractivity contribution in [1.82, 2.24) is 9.80 Å². The van der Waals surface area contributed by atoms with Crippen LogP contribution in [-0.4, -0.2) is 74.0 Å². The number of hydrogen-bond acceptors (Lipinski definition) is 5. The number of amides is 2. The Bertz CT molecular complexity index is 637. The van der Waals surface area contributed by atoms with Gasteiger partial charge < -0.3 is 19.4 Å². The second-order valence-corrected chi connectivity index (χ2v) is 6.37. The third-order valence-corrected chi connectivity index (χ3v) is 4.48. The van der Waals surface area contributed by atoms with Crippen molar-refractivity contribution in [3.63, 3.8) is 0 Å². The van der Waals surface area contributed by atoms with Crippen molar-refractivity contribution in [3.05, 3.63) is 29.8 Å². The van der Waals surface area contributed by atoms with E-state index in [1.54, 1.807) is 36.1 Å². The summed E-state index contributed by atoms with van der Waals surface area (Å²) in [5.74, 6) is -0.466. The quantitative estimate of drug-likeness (QED) is 0.716. The number of esters is 1. The molecule has 2 amide bonds. The summed E-state index contributed by atoms with van der Waals surface area (Å²) in [6.07, 6.45) is 0.281. The van der Waals surface area contributed by atoms with Crippen LogP contribution in [0.1, 0.15) is 30.6 Å². The highest BCUT2D eigenvalue weighted by atomic mass is 16.5. The van der Waals surface area contributed by atoms with Crippen LogP contribution in [0.25, 0.3) is 0 Å². The first-order chi connectivity index (χ1) is 12.4. The van der Waals surface area contributed by atoms with Crippen molar-refractivity contribution in [2.45, 2.75) is 20.3 Å².